The van der Waals surface area contributed by atoms with E-state index in [1.54, 1.807) is 31.3 Å². The lowest BCUT2D eigenvalue weighted by molar-refractivity contribution is 0.0708. The first-order chi connectivity index (χ1) is 14.0. The van der Waals surface area contributed by atoms with Gasteiger partial charge in [0.05, 0.1) is 24.1 Å². The first kappa shape index (κ1) is 19.1. The summed E-state index contributed by atoms with van der Waals surface area (Å²) in [6.07, 6.45) is 0.602. The monoisotopic (exact) mass is 397 g/mol. The smallest absolute Gasteiger partial charge is 0.290 e. The second kappa shape index (κ2) is 7.67. The summed E-state index contributed by atoms with van der Waals surface area (Å²) >= 11 is 0. The molecule has 150 valence electrons. The molecule has 1 aliphatic heterocycles. The van der Waals surface area contributed by atoms with Crippen molar-refractivity contribution in [2.75, 3.05) is 27.4 Å². The largest absolute Gasteiger partial charge is 0.497 e. The lowest BCUT2D eigenvalue weighted by Gasteiger charge is -2.25. The zero-order chi connectivity index (χ0) is 20.5. The van der Waals surface area contributed by atoms with Crippen molar-refractivity contribution < 1.29 is 23.1 Å². The van der Waals surface area contributed by atoms with Crippen molar-refractivity contribution in [3.63, 3.8) is 0 Å². The van der Waals surface area contributed by atoms with Crippen LogP contribution < -0.4 is 10.2 Å². The number of ether oxygens (including phenoxy) is 2. The molecule has 0 fully saturated rings. The summed E-state index contributed by atoms with van der Waals surface area (Å²) in [6, 6.07) is 10.3. The molecule has 3 aromatic rings. The van der Waals surface area contributed by atoms with E-state index < -0.39 is 17.3 Å². The molecule has 0 saturated carbocycles. The number of methoxy groups -OCH3 is 2. The number of hydrogen-bond acceptors (Lipinski definition) is 5. The fourth-order valence-corrected chi connectivity index (χ4v) is 3.74. The fourth-order valence-electron chi connectivity index (χ4n) is 3.74. The highest BCUT2D eigenvalue weighted by Gasteiger charge is 2.42. The van der Waals surface area contributed by atoms with Gasteiger partial charge < -0.3 is 18.8 Å². The quantitative estimate of drug-likeness (QED) is 0.596. The van der Waals surface area contributed by atoms with Crippen LogP contribution in [-0.4, -0.2) is 38.2 Å². The van der Waals surface area contributed by atoms with Crippen molar-refractivity contribution in [3.8, 4) is 5.75 Å². The molecule has 29 heavy (non-hydrogen) atoms. The van der Waals surface area contributed by atoms with Gasteiger partial charge in [-0.25, -0.2) is 4.39 Å². The number of rotatable bonds is 6. The van der Waals surface area contributed by atoms with E-state index in [1.165, 1.54) is 12.1 Å². The molecule has 1 atom stereocenters. The number of fused-ring (bicyclic) bond motifs is 2. The summed E-state index contributed by atoms with van der Waals surface area (Å²) in [4.78, 5) is 28.0. The van der Waals surface area contributed by atoms with Crippen LogP contribution in [0.2, 0.25) is 0 Å². The fraction of sp³-hybridized carbons (Fsp3) is 0.273. The molecule has 1 aliphatic rings. The van der Waals surface area contributed by atoms with Gasteiger partial charge in [0.15, 0.2) is 5.43 Å². The summed E-state index contributed by atoms with van der Waals surface area (Å²) < 4.78 is 29.8. The van der Waals surface area contributed by atoms with Crippen LogP contribution in [0.5, 0.6) is 5.75 Å². The van der Waals surface area contributed by atoms with Crippen LogP contribution >= 0.6 is 0 Å². The normalized spacial score (nSPS) is 15.8. The molecule has 0 saturated heterocycles. The Kier molecular flexibility index (Phi) is 5.07. The zero-order valence-corrected chi connectivity index (χ0v) is 16.1. The van der Waals surface area contributed by atoms with Gasteiger partial charge in [0, 0.05) is 20.3 Å². The molecule has 0 bridgehead atoms. The number of hydrogen-bond donors (Lipinski definition) is 0. The van der Waals surface area contributed by atoms with Crippen molar-refractivity contribution in [1.82, 2.24) is 4.90 Å². The molecule has 1 unspecified atom stereocenters. The number of halogens is 1. The Bertz CT molecular complexity index is 1120. The van der Waals surface area contributed by atoms with E-state index in [2.05, 4.69) is 0 Å². The van der Waals surface area contributed by atoms with E-state index >= 15 is 0 Å². The molecular formula is C22H20FNO5. The van der Waals surface area contributed by atoms with Crippen molar-refractivity contribution in [1.29, 1.82) is 0 Å². The molecule has 1 aromatic heterocycles. The molecule has 6 nitrogen and oxygen atoms in total. The van der Waals surface area contributed by atoms with Crippen LogP contribution in [0, 0.1) is 5.82 Å². The standard InChI is InChI=1S/C22H20FNO5/c1-27-11-3-10-24-19(13-4-7-15(28-2)8-5-13)18-20(25)16-12-14(23)6-9-17(16)29-21(18)22(24)26/h4-9,12,19H,3,10-11H2,1-2H3. The van der Waals surface area contributed by atoms with Crippen LogP contribution in [0.25, 0.3) is 11.0 Å². The zero-order valence-electron chi connectivity index (χ0n) is 16.1. The van der Waals surface area contributed by atoms with Gasteiger partial charge in [-0.15, -0.1) is 0 Å². The maximum atomic E-state index is 13.7. The minimum Gasteiger partial charge on any atom is -0.497 e. The minimum absolute atomic E-state index is 0.00680. The number of benzene rings is 2. The predicted octanol–water partition coefficient (Wildman–Crippen LogP) is 3.52. The summed E-state index contributed by atoms with van der Waals surface area (Å²) in [5, 5.41) is 0.119. The number of nitrogens with zero attached hydrogens (tertiary/aromatic N) is 1. The lowest BCUT2D eigenvalue weighted by atomic mass is 9.98. The number of carbonyl (C=O) groups excluding carboxylic acids is 1. The average molecular weight is 397 g/mol. The van der Waals surface area contributed by atoms with Gasteiger partial charge in [0.1, 0.15) is 17.1 Å². The maximum Gasteiger partial charge on any atom is 0.290 e. The lowest BCUT2D eigenvalue weighted by Crippen LogP contribution is -2.31. The molecule has 0 radical (unpaired) electrons. The van der Waals surface area contributed by atoms with Gasteiger partial charge in [-0.05, 0) is 42.3 Å². The third-order valence-electron chi connectivity index (χ3n) is 5.11. The van der Waals surface area contributed by atoms with Crippen molar-refractivity contribution >= 4 is 16.9 Å². The number of carbonyl (C=O) groups is 1. The summed E-state index contributed by atoms with van der Waals surface area (Å²) in [6.45, 7) is 0.863. The summed E-state index contributed by atoms with van der Waals surface area (Å²) in [5.74, 6) is -0.226. The van der Waals surface area contributed by atoms with Crippen LogP contribution in [0.1, 0.15) is 34.1 Å². The maximum absolute atomic E-state index is 13.7. The van der Waals surface area contributed by atoms with E-state index in [4.69, 9.17) is 13.9 Å². The molecular weight excluding hydrogens is 377 g/mol. The Morgan fingerprint density at radius 3 is 2.55 bits per heavy atom. The molecule has 0 aliphatic carbocycles. The summed E-state index contributed by atoms with van der Waals surface area (Å²) in [7, 11) is 3.16. The first-order valence-corrected chi connectivity index (χ1v) is 9.25. The van der Waals surface area contributed by atoms with Gasteiger partial charge in [-0.2, -0.15) is 0 Å². The number of amides is 1. The van der Waals surface area contributed by atoms with Gasteiger partial charge in [-0.1, -0.05) is 12.1 Å². The molecule has 1 amide bonds. The first-order valence-electron chi connectivity index (χ1n) is 9.25. The van der Waals surface area contributed by atoms with Crippen molar-refractivity contribution in [3.05, 3.63) is 75.4 Å². The summed E-state index contributed by atoms with van der Waals surface area (Å²) in [5.41, 5.74) is 0.772. The minimum atomic E-state index is -0.621. The Balaban J connectivity index is 1.90. The average Bonchev–Trinajstić information content (AvgIpc) is 3.01. The highest BCUT2D eigenvalue weighted by atomic mass is 19.1. The predicted molar refractivity (Wildman–Crippen MR) is 105 cm³/mol. The third-order valence-corrected chi connectivity index (χ3v) is 5.11. The molecule has 7 heteroatoms. The molecule has 4 rings (SSSR count). The molecule has 2 aromatic carbocycles. The Morgan fingerprint density at radius 1 is 1.10 bits per heavy atom. The van der Waals surface area contributed by atoms with Gasteiger partial charge >= 0.3 is 0 Å². The van der Waals surface area contributed by atoms with Crippen LogP contribution in [0.3, 0.4) is 0 Å². The van der Waals surface area contributed by atoms with Gasteiger partial charge in [-0.3, -0.25) is 9.59 Å². The van der Waals surface area contributed by atoms with E-state index in [1.807, 2.05) is 12.1 Å². The second-order valence-electron chi connectivity index (χ2n) is 6.84. The van der Waals surface area contributed by atoms with Crippen molar-refractivity contribution in [2.24, 2.45) is 0 Å². The molecule has 2 heterocycles. The topological polar surface area (TPSA) is 69.0 Å². The highest BCUT2D eigenvalue weighted by Crippen LogP contribution is 2.38. The van der Waals surface area contributed by atoms with Gasteiger partial charge in [0.2, 0.25) is 5.76 Å². The van der Waals surface area contributed by atoms with Crippen LogP contribution in [0.15, 0.2) is 51.7 Å². The van der Waals surface area contributed by atoms with E-state index in [-0.39, 0.29) is 28.2 Å². The van der Waals surface area contributed by atoms with Crippen molar-refractivity contribution in [2.45, 2.75) is 12.5 Å². The SMILES string of the molecule is COCCCN1C(=O)c2oc3ccc(F)cc3c(=O)c2C1c1ccc(OC)cc1. The Morgan fingerprint density at radius 2 is 1.86 bits per heavy atom. The van der Waals surface area contributed by atoms with Crippen LogP contribution in [-0.2, 0) is 4.74 Å². The molecule has 0 spiro atoms. The third kappa shape index (κ3) is 3.27. The Labute approximate surface area is 166 Å². The second-order valence-corrected chi connectivity index (χ2v) is 6.84. The van der Waals surface area contributed by atoms with E-state index in [9.17, 15) is 14.0 Å². The highest BCUT2D eigenvalue weighted by molar-refractivity contribution is 5.99. The van der Waals surface area contributed by atoms with E-state index in [0.29, 0.717) is 25.3 Å². The molecule has 0 N–H and O–H groups in total. The van der Waals surface area contributed by atoms with E-state index in [0.717, 1.165) is 11.6 Å². The Hall–Kier alpha value is -3.19. The van der Waals surface area contributed by atoms with Crippen LogP contribution in [0.4, 0.5) is 4.39 Å². The van der Waals surface area contributed by atoms with Gasteiger partial charge in [0.25, 0.3) is 5.91 Å².